The Kier molecular flexibility index (Phi) is 4.30. The third-order valence-electron chi connectivity index (χ3n) is 2.03. The van der Waals surface area contributed by atoms with E-state index in [4.69, 9.17) is 16.7 Å². The highest BCUT2D eigenvalue weighted by molar-refractivity contribution is 5.89. The van der Waals surface area contributed by atoms with Gasteiger partial charge < -0.3 is 30.3 Å². The van der Waals surface area contributed by atoms with E-state index in [1.165, 1.54) is 0 Å². The molecule has 0 unspecified atom stereocenters. The quantitative estimate of drug-likeness (QED) is 0.296. The van der Waals surface area contributed by atoms with Gasteiger partial charge in [-0.1, -0.05) is 0 Å². The molecule has 0 aromatic carbocycles. The van der Waals surface area contributed by atoms with Crippen molar-refractivity contribution in [1.29, 1.82) is 0 Å². The van der Waals surface area contributed by atoms with Crippen LogP contribution in [0.4, 0.5) is 0 Å². The molecular formula is C8H14O7. The molecule has 0 radical (unpaired) electrons. The van der Waals surface area contributed by atoms with E-state index in [-0.39, 0.29) is 6.29 Å². The van der Waals surface area contributed by atoms with Crippen LogP contribution in [0.1, 0.15) is 8.27 Å². The van der Waals surface area contributed by atoms with Crippen LogP contribution in [0.15, 0.2) is 0 Å². The van der Waals surface area contributed by atoms with Crippen molar-refractivity contribution < 1.29 is 36.5 Å². The minimum Gasteiger partial charge on any atom is -0.394 e. The molecule has 0 aliphatic carbocycles. The summed E-state index contributed by atoms with van der Waals surface area (Å²) in [6, 6.07) is 0. The number of aldehydes is 1. The van der Waals surface area contributed by atoms with Crippen molar-refractivity contribution in [3.05, 3.63) is 0 Å². The van der Waals surface area contributed by atoms with Crippen molar-refractivity contribution in [1.82, 2.24) is 0 Å². The van der Waals surface area contributed by atoms with E-state index in [2.05, 4.69) is 0 Å². The molecule has 0 amide bonds. The third kappa shape index (κ3) is 2.58. The Morgan fingerprint density at radius 1 is 1.53 bits per heavy atom. The lowest BCUT2D eigenvalue weighted by molar-refractivity contribution is -0.187. The Bertz CT molecular complexity index is 259. The summed E-state index contributed by atoms with van der Waals surface area (Å²) < 4.78 is 6.73. The third-order valence-corrected chi connectivity index (χ3v) is 2.03. The SMILES string of the molecule is [2H]CC(=O)[C@](O)([C@H](O)[C@H](O)CO)[C@@H](O)C=O. The van der Waals surface area contributed by atoms with Gasteiger partial charge >= 0.3 is 0 Å². The molecular weight excluding hydrogens is 208 g/mol. The molecule has 5 N–H and O–H groups in total. The van der Waals surface area contributed by atoms with Gasteiger partial charge in [0.05, 0.1) is 6.61 Å². The minimum absolute atomic E-state index is 0.207. The maximum Gasteiger partial charge on any atom is 0.183 e. The van der Waals surface area contributed by atoms with E-state index in [0.29, 0.717) is 0 Å². The fourth-order valence-corrected chi connectivity index (χ4v) is 1.00. The highest BCUT2D eigenvalue weighted by Gasteiger charge is 2.49. The van der Waals surface area contributed by atoms with Crippen LogP contribution in [0, 0.1) is 0 Å². The number of hydrogen-bond donors (Lipinski definition) is 5. The van der Waals surface area contributed by atoms with Gasteiger partial charge in [0.2, 0.25) is 0 Å². The zero-order valence-electron chi connectivity index (χ0n) is 8.78. The Hall–Kier alpha value is -0.860. The summed E-state index contributed by atoms with van der Waals surface area (Å²) in [7, 11) is 0. The average molecular weight is 223 g/mol. The summed E-state index contributed by atoms with van der Waals surface area (Å²) in [4.78, 5) is 21.5. The van der Waals surface area contributed by atoms with Gasteiger partial charge in [-0.05, 0) is 6.90 Å². The monoisotopic (exact) mass is 223 g/mol. The van der Waals surface area contributed by atoms with E-state index < -0.39 is 43.2 Å². The molecule has 4 atom stereocenters. The molecule has 0 saturated heterocycles. The van der Waals surface area contributed by atoms with Crippen molar-refractivity contribution in [3.63, 3.8) is 0 Å². The normalized spacial score (nSPS) is 22.1. The summed E-state index contributed by atoms with van der Waals surface area (Å²) in [5.41, 5.74) is -2.99. The molecule has 0 rings (SSSR count). The molecule has 0 aromatic rings. The molecule has 15 heavy (non-hydrogen) atoms. The summed E-state index contributed by atoms with van der Waals surface area (Å²) >= 11 is 0. The van der Waals surface area contributed by atoms with Crippen LogP contribution < -0.4 is 0 Å². The predicted octanol–water partition coefficient (Wildman–Crippen LogP) is -3.42. The number of rotatable bonds is 6. The number of hydrogen-bond acceptors (Lipinski definition) is 7. The zero-order chi connectivity index (χ0) is 12.9. The van der Waals surface area contributed by atoms with Crippen LogP contribution in [0.2, 0.25) is 0 Å². The fourth-order valence-electron chi connectivity index (χ4n) is 1.00. The van der Waals surface area contributed by atoms with Crippen molar-refractivity contribution in [2.24, 2.45) is 0 Å². The van der Waals surface area contributed by atoms with Crippen LogP contribution in [0.3, 0.4) is 0 Å². The Morgan fingerprint density at radius 2 is 2.07 bits per heavy atom. The Labute approximate surface area is 87.0 Å². The number of Topliss-reactive ketones (excluding diaryl/α,β-unsaturated/α-hetero) is 1. The molecule has 0 aromatic heterocycles. The van der Waals surface area contributed by atoms with Crippen LogP contribution in [0.25, 0.3) is 0 Å². The summed E-state index contributed by atoms with van der Waals surface area (Å²) in [5.74, 6) is -1.34. The standard InChI is InChI=1S/C8H14O7/c1-4(11)8(15,6(13)3-10)7(14)5(12)2-9/h3,5-7,9,12-15H,2H2,1H3/t5-,6+,7-,8-/m1/s1/i1D. The van der Waals surface area contributed by atoms with Gasteiger partial charge in [-0.2, -0.15) is 0 Å². The molecule has 0 fully saturated rings. The maximum atomic E-state index is 11.2. The van der Waals surface area contributed by atoms with Crippen LogP contribution in [-0.2, 0) is 9.59 Å². The second kappa shape index (κ2) is 5.29. The van der Waals surface area contributed by atoms with Crippen LogP contribution >= 0.6 is 0 Å². The fraction of sp³-hybridized carbons (Fsp3) is 0.750. The highest BCUT2D eigenvalue weighted by Crippen LogP contribution is 2.19. The van der Waals surface area contributed by atoms with E-state index in [0.717, 1.165) is 0 Å². The number of ketones is 1. The second-order valence-corrected chi connectivity index (χ2v) is 3.02. The number of aliphatic hydroxyl groups is 5. The van der Waals surface area contributed by atoms with Gasteiger partial charge in [0.15, 0.2) is 17.7 Å². The minimum atomic E-state index is -2.99. The van der Waals surface area contributed by atoms with Crippen LogP contribution in [-0.4, -0.2) is 68.1 Å². The van der Waals surface area contributed by atoms with E-state index in [9.17, 15) is 19.8 Å². The lowest BCUT2D eigenvalue weighted by atomic mass is 9.84. The number of carbonyl (C=O) groups excluding carboxylic acids is 2. The predicted molar refractivity (Wildman–Crippen MR) is 46.8 cm³/mol. The van der Waals surface area contributed by atoms with Gasteiger partial charge in [0.25, 0.3) is 0 Å². The lowest BCUT2D eigenvalue weighted by Crippen LogP contribution is -2.62. The number of carbonyl (C=O) groups is 2. The molecule has 7 nitrogen and oxygen atoms in total. The number of aliphatic hydroxyl groups excluding tert-OH is 4. The van der Waals surface area contributed by atoms with Crippen molar-refractivity contribution in [2.45, 2.75) is 30.8 Å². The molecule has 0 bridgehead atoms. The largest absolute Gasteiger partial charge is 0.394 e. The second-order valence-electron chi connectivity index (χ2n) is 3.02. The molecule has 0 heterocycles. The van der Waals surface area contributed by atoms with Gasteiger partial charge in [0, 0.05) is 1.37 Å². The van der Waals surface area contributed by atoms with Crippen molar-refractivity contribution in [2.75, 3.05) is 6.61 Å². The van der Waals surface area contributed by atoms with E-state index >= 15 is 0 Å². The molecule has 0 aliphatic rings. The molecule has 0 spiro atoms. The van der Waals surface area contributed by atoms with E-state index in [1.54, 1.807) is 0 Å². The van der Waals surface area contributed by atoms with Gasteiger partial charge in [-0.15, -0.1) is 0 Å². The summed E-state index contributed by atoms with van der Waals surface area (Å²) in [5, 5.41) is 45.7. The van der Waals surface area contributed by atoms with Crippen LogP contribution in [0.5, 0.6) is 0 Å². The smallest absolute Gasteiger partial charge is 0.183 e. The first-order valence-electron chi connectivity index (χ1n) is 4.72. The molecule has 0 saturated carbocycles. The first kappa shape index (κ1) is 12.2. The Morgan fingerprint density at radius 3 is 2.40 bits per heavy atom. The van der Waals surface area contributed by atoms with E-state index in [1.807, 2.05) is 0 Å². The highest BCUT2D eigenvalue weighted by atomic mass is 16.4. The van der Waals surface area contributed by atoms with Crippen molar-refractivity contribution in [3.8, 4) is 0 Å². The Balaban J connectivity index is 5.22. The molecule has 88 valence electrons. The maximum absolute atomic E-state index is 11.2. The zero-order valence-corrected chi connectivity index (χ0v) is 7.78. The van der Waals surface area contributed by atoms with Gasteiger partial charge in [0.1, 0.15) is 18.3 Å². The first-order chi connectivity index (χ1) is 7.35. The summed E-state index contributed by atoms with van der Waals surface area (Å²) in [6.45, 7) is -1.99. The van der Waals surface area contributed by atoms with Gasteiger partial charge in [-0.25, -0.2) is 0 Å². The molecule has 0 aliphatic heterocycles. The topological polar surface area (TPSA) is 135 Å². The summed E-state index contributed by atoms with van der Waals surface area (Å²) in [6.07, 6.45) is -6.69. The van der Waals surface area contributed by atoms with Gasteiger partial charge in [-0.3, -0.25) is 4.79 Å². The molecule has 7 heteroatoms. The first-order valence-corrected chi connectivity index (χ1v) is 4.01. The lowest BCUT2D eigenvalue weighted by Gasteiger charge is -2.34. The average Bonchev–Trinajstić information content (AvgIpc) is 2.33. The van der Waals surface area contributed by atoms with Crippen molar-refractivity contribution >= 4 is 12.1 Å².